The molecule has 0 bridgehead atoms. The van der Waals surface area contributed by atoms with Crippen molar-refractivity contribution < 1.29 is 0 Å². The fraction of sp³-hybridized carbons (Fsp3) is 0.227. The number of nitrogens with one attached hydrogen (secondary N) is 1. The van der Waals surface area contributed by atoms with E-state index in [1.165, 1.54) is 10.4 Å². The number of para-hydroxylation sites is 1. The van der Waals surface area contributed by atoms with Gasteiger partial charge in [-0.2, -0.15) is 14.9 Å². The van der Waals surface area contributed by atoms with Crippen LogP contribution in [0.3, 0.4) is 0 Å². The highest BCUT2D eigenvalue weighted by atomic mass is 16.1. The summed E-state index contributed by atoms with van der Waals surface area (Å²) >= 11 is 0. The minimum atomic E-state index is -0.190. The molecule has 1 saturated heterocycles. The topological polar surface area (TPSA) is 70.0 Å². The minimum absolute atomic E-state index is 0.190. The number of aromatic nitrogens is 4. The van der Waals surface area contributed by atoms with E-state index in [1.807, 2.05) is 30.3 Å². The molecule has 3 heterocycles. The van der Waals surface area contributed by atoms with E-state index in [0.717, 1.165) is 43.1 Å². The molecule has 0 aliphatic carbocycles. The molecule has 29 heavy (non-hydrogen) atoms. The molecule has 0 unspecified atom stereocenters. The number of benzene rings is 2. The number of rotatable bonds is 3. The largest absolute Gasteiger partial charge is 0.369 e. The first kappa shape index (κ1) is 17.6. The molecule has 2 aromatic heterocycles. The fourth-order valence-electron chi connectivity index (χ4n) is 3.74. The van der Waals surface area contributed by atoms with E-state index in [2.05, 4.69) is 56.4 Å². The Morgan fingerprint density at radius 3 is 2.34 bits per heavy atom. The monoisotopic (exact) mass is 386 g/mol. The predicted octanol–water partition coefficient (Wildman–Crippen LogP) is 2.53. The molecule has 0 saturated carbocycles. The lowest BCUT2D eigenvalue weighted by Gasteiger charge is -2.34. The number of anilines is 1. The zero-order valence-corrected chi connectivity index (χ0v) is 16.2. The van der Waals surface area contributed by atoms with Crippen molar-refractivity contribution >= 4 is 16.7 Å². The van der Waals surface area contributed by atoms with Gasteiger partial charge in [-0.25, -0.2) is 0 Å². The van der Waals surface area contributed by atoms with E-state index in [1.54, 1.807) is 6.07 Å². The first-order valence-electron chi connectivity index (χ1n) is 9.77. The quantitative estimate of drug-likeness (QED) is 0.586. The standard InChI is InChI=1S/C22H22N6O/c1-26-11-13-27(14-12-26)17-9-7-16(8-10-17)21-22-19(23-24-21)15-20(29)28(25-22)18-5-3-2-4-6-18/h2-10,15,23H,11-14H2,1H3. The zero-order valence-electron chi connectivity index (χ0n) is 16.2. The van der Waals surface area contributed by atoms with Gasteiger partial charge in [-0.05, 0) is 31.3 Å². The van der Waals surface area contributed by atoms with Gasteiger partial charge < -0.3 is 9.80 Å². The SMILES string of the molecule is CN1CCN(c2ccc(-c3n[nH]c4cc(=O)n(-c5ccccc5)nc34)cc2)CC1. The molecule has 146 valence electrons. The normalized spacial score (nSPS) is 15.1. The molecular formula is C22H22N6O. The van der Waals surface area contributed by atoms with Crippen LogP contribution in [0.2, 0.25) is 0 Å². The van der Waals surface area contributed by atoms with Crippen LogP contribution < -0.4 is 10.5 Å². The van der Waals surface area contributed by atoms with Crippen LogP contribution in [0.25, 0.3) is 28.0 Å². The highest BCUT2D eigenvalue weighted by molar-refractivity contribution is 5.89. The van der Waals surface area contributed by atoms with Crippen molar-refractivity contribution in [1.82, 2.24) is 24.9 Å². The van der Waals surface area contributed by atoms with E-state index in [-0.39, 0.29) is 5.56 Å². The molecule has 1 fully saturated rings. The molecule has 1 N–H and O–H groups in total. The van der Waals surface area contributed by atoms with Crippen molar-refractivity contribution in [3.05, 3.63) is 71.0 Å². The molecular weight excluding hydrogens is 364 g/mol. The molecule has 7 nitrogen and oxygen atoms in total. The Morgan fingerprint density at radius 2 is 1.62 bits per heavy atom. The fourth-order valence-corrected chi connectivity index (χ4v) is 3.74. The predicted molar refractivity (Wildman–Crippen MR) is 115 cm³/mol. The first-order valence-corrected chi connectivity index (χ1v) is 9.77. The second-order valence-electron chi connectivity index (χ2n) is 7.40. The van der Waals surface area contributed by atoms with Gasteiger partial charge in [-0.15, -0.1) is 0 Å². The van der Waals surface area contributed by atoms with Crippen molar-refractivity contribution in [2.75, 3.05) is 38.1 Å². The number of fused-ring (bicyclic) bond motifs is 1. The van der Waals surface area contributed by atoms with Gasteiger partial charge in [-0.3, -0.25) is 9.89 Å². The lowest BCUT2D eigenvalue weighted by atomic mass is 10.1. The van der Waals surface area contributed by atoms with Crippen molar-refractivity contribution in [3.8, 4) is 16.9 Å². The van der Waals surface area contributed by atoms with Gasteiger partial charge in [0.1, 0.15) is 11.2 Å². The van der Waals surface area contributed by atoms with Crippen LogP contribution in [0.15, 0.2) is 65.5 Å². The Balaban J connectivity index is 1.51. The van der Waals surface area contributed by atoms with Crippen molar-refractivity contribution in [3.63, 3.8) is 0 Å². The summed E-state index contributed by atoms with van der Waals surface area (Å²) in [5.41, 5.74) is 4.80. The van der Waals surface area contributed by atoms with Crippen LogP contribution in [-0.4, -0.2) is 58.1 Å². The number of hydrogen-bond acceptors (Lipinski definition) is 5. The second-order valence-corrected chi connectivity index (χ2v) is 7.40. The summed E-state index contributed by atoms with van der Waals surface area (Å²) in [4.78, 5) is 17.2. The molecule has 7 heteroatoms. The van der Waals surface area contributed by atoms with E-state index < -0.39 is 0 Å². The smallest absolute Gasteiger partial charge is 0.273 e. The minimum Gasteiger partial charge on any atom is -0.369 e. The summed E-state index contributed by atoms with van der Waals surface area (Å²) in [5.74, 6) is 0. The third kappa shape index (κ3) is 3.30. The summed E-state index contributed by atoms with van der Waals surface area (Å²) < 4.78 is 1.42. The zero-order chi connectivity index (χ0) is 19.8. The highest BCUT2D eigenvalue weighted by Crippen LogP contribution is 2.27. The molecule has 4 aromatic rings. The average Bonchev–Trinajstić information content (AvgIpc) is 3.17. The van der Waals surface area contributed by atoms with Gasteiger partial charge in [0.15, 0.2) is 0 Å². The summed E-state index contributed by atoms with van der Waals surface area (Å²) in [6.07, 6.45) is 0. The van der Waals surface area contributed by atoms with Crippen LogP contribution in [-0.2, 0) is 0 Å². The van der Waals surface area contributed by atoms with Crippen LogP contribution >= 0.6 is 0 Å². The van der Waals surface area contributed by atoms with Crippen LogP contribution in [0, 0.1) is 0 Å². The molecule has 1 aliphatic heterocycles. The summed E-state index contributed by atoms with van der Waals surface area (Å²) in [5, 5.41) is 12.0. The Hall–Kier alpha value is -3.45. The lowest BCUT2D eigenvalue weighted by Crippen LogP contribution is -2.44. The van der Waals surface area contributed by atoms with Gasteiger partial charge in [0.2, 0.25) is 0 Å². The third-order valence-electron chi connectivity index (χ3n) is 5.45. The van der Waals surface area contributed by atoms with Crippen LogP contribution in [0.5, 0.6) is 0 Å². The van der Waals surface area contributed by atoms with Crippen molar-refractivity contribution in [2.24, 2.45) is 0 Å². The van der Waals surface area contributed by atoms with Crippen molar-refractivity contribution in [2.45, 2.75) is 0 Å². The Labute approximate surface area is 168 Å². The molecule has 2 aromatic carbocycles. The number of nitrogens with zero attached hydrogens (tertiary/aromatic N) is 5. The number of H-pyrrole nitrogens is 1. The first-order chi connectivity index (χ1) is 14.2. The lowest BCUT2D eigenvalue weighted by molar-refractivity contribution is 0.313. The maximum atomic E-state index is 12.5. The molecule has 0 spiro atoms. The molecule has 0 radical (unpaired) electrons. The summed E-state index contributed by atoms with van der Waals surface area (Å²) in [6.45, 7) is 4.22. The third-order valence-corrected chi connectivity index (χ3v) is 5.45. The van der Waals surface area contributed by atoms with E-state index in [9.17, 15) is 4.79 Å². The van der Waals surface area contributed by atoms with Crippen LogP contribution in [0.1, 0.15) is 0 Å². The Bertz CT molecular complexity index is 1190. The number of hydrogen-bond donors (Lipinski definition) is 1. The van der Waals surface area contributed by atoms with E-state index in [0.29, 0.717) is 11.0 Å². The Kier molecular flexibility index (Phi) is 4.37. The van der Waals surface area contributed by atoms with Gasteiger partial charge in [-0.1, -0.05) is 30.3 Å². The second kappa shape index (κ2) is 7.18. The van der Waals surface area contributed by atoms with E-state index in [4.69, 9.17) is 0 Å². The molecule has 1 aliphatic rings. The van der Waals surface area contributed by atoms with E-state index >= 15 is 0 Å². The molecule has 0 atom stereocenters. The van der Waals surface area contributed by atoms with Gasteiger partial charge in [0, 0.05) is 43.5 Å². The van der Waals surface area contributed by atoms with Crippen LogP contribution in [0.4, 0.5) is 5.69 Å². The number of piperazine rings is 1. The summed E-state index contributed by atoms with van der Waals surface area (Å²) in [7, 11) is 2.16. The average molecular weight is 386 g/mol. The Morgan fingerprint density at radius 1 is 0.897 bits per heavy atom. The van der Waals surface area contributed by atoms with Gasteiger partial charge >= 0.3 is 0 Å². The van der Waals surface area contributed by atoms with Crippen molar-refractivity contribution in [1.29, 1.82) is 0 Å². The molecule has 5 rings (SSSR count). The molecule has 0 amide bonds. The number of aromatic amines is 1. The maximum absolute atomic E-state index is 12.5. The van der Waals surface area contributed by atoms with Gasteiger partial charge in [0.25, 0.3) is 5.56 Å². The number of likely N-dealkylation sites (N-methyl/N-ethyl adjacent to an activating group) is 1. The van der Waals surface area contributed by atoms with Gasteiger partial charge in [0.05, 0.1) is 11.2 Å². The summed E-state index contributed by atoms with van der Waals surface area (Å²) in [6, 6.07) is 19.4. The highest BCUT2D eigenvalue weighted by Gasteiger charge is 2.16. The maximum Gasteiger partial charge on any atom is 0.273 e.